The molecule has 0 aliphatic heterocycles. The Morgan fingerprint density at radius 1 is 1.31 bits per heavy atom. The van der Waals surface area contributed by atoms with Gasteiger partial charge in [0.1, 0.15) is 11.9 Å². The van der Waals surface area contributed by atoms with E-state index < -0.39 is 5.97 Å². The van der Waals surface area contributed by atoms with Crippen molar-refractivity contribution in [3.63, 3.8) is 0 Å². The monoisotopic (exact) mass is 458 g/mol. The quantitative estimate of drug-likeness (QED) is 0.466. The van der Waals surface area contributed by atoms with Crippen molar-refractivity contribution in [2.45, 2.75) is 47.3 Å². The van der Waals surface area contributed by atoms with E-state index in [1.165, 1.54) is 4.57 Å². The molecule has 0 amide bonds. The number of aryl methyl sites for hydroxylation is 1. The van der Waals surface area contributed by atoms with Gasteiger partial charge >= 0.3 is 10.8 Å². The lowest BCUT2D eigenvalue weighted by molar-refractivity contribution is -0.137. The normalized spacial score (nSPS) is 11.4. The fourth-order valence-electron chi connectivity index (χ4n) is 2.66. The molecule has 2 heterocycles. The average molecular weight is 459 g/mol. The molecular weight excluding hydrogens is 435 g/mol. The molecule has 158 valence electrons. The molecular formula is C20H24Cl2N2O4S. The molecule has 3 aromatic rings. The van der Waals surface area contributed by atoms with Crippen LogP contribution in [-0.4, -0.2) is 20.6 Å². The lowest BCUT2D eigenvalue weighted by Gasteiger charge is -2.18. The molecule has 3 rings (SSSR count). The first-order valence-corrected chi connectivity index (χ1v) is 9.79. The van der Waals surface area contributed by atoms with Crippen LogP contribution in [0.4, 0.5) is 0 Å². The number of halogens is 2. The molecule has 9 heteroatoms. The predicted octanol–water partition coefficient (Wildman–Crippen LogP) is 6.04. The summed E-state index contributed by atoms with van der Waals surface area (Å²) in [6.45, 7) is 2.06. The van der Waals surface area contributed by atoms with Crippen LogP contribution in [0.15, 0.2) is 35.3 Å². The Balaban J connectivity index is 0.00000210. The van der Waals surface area contributed by atoms with E-state index in [9.17, 15) is 9.59 Å². The van der Waals surface area contributed by atoms with E-state index in [1.807, 2.05) is 6.92 Å². The highest BCUT2D eigenvalue weighted by atomic mass is 35.5. The van der Waals surface area contributed by atoms with Crippen LogP contribution in [0.2, 0.25) is 10.0 Å². The van der Waals surface area contributed by atoms with Gasteiger partial charge in [0, 0.05) is 18.8 Å². The van der Waals surface area contributed by atoms with E-state index in [-0.39, 0.29) is 38.8 Å². The van der Waals surface area contributed by atoms with Crippen LogP contribution in [0, 0.1) is 0 Å². The fraction of sp³-hybridized carbons (Fsp3) is 0.350. The zero-order valence-electron chi connectivity index (χ0n) is 14.3. The molecule has 0 fully saturated rings. The molecule has 0 bridgehead atoms. The van der Waals surface area contributed by atoms with Crippen LogP contribution in [-0.2, 0) is 11.3 Å². The molecule has 0 spiro atoms. The van der Waals surface area contributed by atoms with Gasteiger partial charge in [-0.15, -0.1) is 0 Å². The van der Waals surface area contributed by atoms with Crippen LogP contribution in [0.5, 0.6) is 5.75 Å². The summed E-state index contributed by atoms with van der Waals surface area (Å²) in [4.78, 5) is 27.0. The lowest BCUT2D eigenvalue weighted by atomic mass is 10.2. The molecule has 2 aromatic heterocycles. The minimum atomic E-state index is -0.964. The van der Waals surface area contributed by atoms with Gasteiger partial charge in [0.15, 0.2) is 0 Å². The van der Waals surface area contributed by atoms with E-state index in [0.29, 0.717) is 32.4 Å². The Hall–Kier alpha value is -2.09. The smallest absolute Gasteiger partial charge is 0.308 e. The summed E-state index contributed by atoms with van der Waals surface area (Å²) >= 11 is 13.3. The van der Waals surface area contributed by atoms with Gasteiger partial charge in [0.05, 0.1) is 32.4 Å². The van der Waals surface area contributed by atoms with Crippen molar-refractivity contribution >= 4 is 50.7 Å². The van der Waals surface area contributed by atoms with Crippen molar-refractivity contribution in [2.75, 3.05) is 0 Å². The number of carbonyl (C=O) groups is 1. The summed E-state index contributed by atoms with van der Waals surface area (Å²) in [6.07, 6.45) is 1.77. The Labute approximate surface area is 183 Å². The van der Waals surface area contributed by atoms with Crippen LogP contribution in [0.3, 0.4) is 0 Å². The first-order chi connectivity index (χ1) is 12.9. The molecule has 0 aliphatic rings. The van der Waals surface area contributed by atoms with Crippen LogP contribution in [0.1, 0.15) is 46.4 Å². The first kappa shape index (κ1) is 24.9. The van der Waals surface area contributed by atoms with Gasteiger partial charge in [0.25, 0.3) is 0 Å². The Morgan fingerprint density at radius 2 is 2.03 bits per heavy atom. The number of nitrogens with zero attached hydrogens (tertiary/aromatic N) is 2. The topological polar surface area (TPSA) is 81.4 Å². The van der Waals surface area contributed by atoms with Crippen LogP contribution >= 0.6 is 34.5 Å². The fourth-order valence-corrected chi connectivity index (χ4v) is 3.90. The van der Waals surface area contributed by atoms with Crippen LogP contribution < -0.4 is 9.61 Å². The summed E-state index contributed by atoms with van der Waals surface area (Å²) in [7, 11) is 0. The summed E-state index contributed by atoms with van der Waals surface area (Å²) in [6, 6.07) is 6.88. The highest BCUT2D eigenvalue weighted by Crippen LogP contribution is 2.35. The number of benzene rings is 1. The number of fused-ring (bicyclic) bond motifs is 1. The highest BCUT2D eigenvalue weighted by Gasteiger charge is 2.17. The van der Waals surface area contributed by atoms with Crippen molar-refractivity contribution in [3.05, 3.63) is 55.9 Å². The maximum absolute atomic E-state index is 12.2. The van der Waals surface area contributed by atoms with Crippen molar-refractivity contribution in [3.8, 4) is 5.75 Å². The number of ether oxygens (including phenoxy) is 1. The molecule has 29 heavy (non-hydrogen) atoms. The van der Waals surface area contributed by atoms with E-state index >= 15 is 0 Å². The molecule has 6 nitrogen and oxygen atoms in total. The minimum Gasteiger partial charge on any atom is -0.483 e. The summed E-state index contributed by atoms with van der Waals surface area (Å²) in [5, 5.41) is 9.74. The van der Waals surface area contributed by atoms with Crippen LogP contribution in [0.25, 0.3) is 10.2 Å². The predicted molar refractivity (Wildman–Crippen MR) is 120 cm³/mol. The third-order valence-electron chi connectivity index (χ3n) is 3.99. The lowest BCUT2D eigenvalue weighted by Crippen LogP contribution is -2.15. The number of rotatable bonds is 7. The Kier molecular flexibility index (Phi) is 9.14. The number of hydrogen-bond acceptors (Lipinski definition) is 5. The van der Waals surface area contributed by atoms with E-state index in [1.54, 1.807) is 30.5 Å². The Morgan fingerprint density at radius 3 is 2.62 bits per heavy atom. The molecule has 1 aromatic carbocycles. The SMILES string of the molecule is C.C.CC[C@@H](Oc1cc2sc(=O)n(CCC(=O)O)c2cc1Cl)c1ccc(Cl)cn1. The molecule has 1 atom stereocenters. The second-order valence-electron chi connectivity index (χ2n) is 5.83. The molecule has 0 saturated carbocycles. The molecule has 0 aliphatic carbocycles. The van der Waals surface area contributed by atoms with Gasteiger partial charge in [-0.3, -0.25) is 19.1 Å². The van der Waals surface area contributed by atoms with E-state index in [2.05, 4.69) is 4.98 Å². The van der Waals surface area contributed by atoms with E-state index in [0.717, 1.165) is 17.0 Å². The second kappa shape index (κ2) is 10.6. The second-order valence-corrected chi connectivity index (χ2v) is 7.67. The van der Waals surface area contributed by atoms with E-state index in [4.69, 9.17) is 33.0 Å². The number of hydrogen-bond donors (Lipinski definition) is 1. The highest BCUT2D eigenvalue weighted by molar-refractivity contribution is 7.16. The average Bonchev–Trinajstić information content (AvgIpc) is 2.93. The number of carboxylic acids is 1. The first-order valence-electron chi connectivity index (χ1n) is 8.21. The number of aromatic nitrogens is 2. The third kappa shape index (κ3) is 5.72. The number of pyridine rings is 1. The van der Waals surface area contributed by atoms with Crippen molar-refractivity contribution < 1.29 is 14.6 Å². The van der Waals surface area contributed by atoms with Gasteiger partial charge in [-0.25, -0.2) is 0 Å². The van der Waals surface area contributed by atoms with Gasteiger partial charge in [-0.2, -0.15) is 0 Å². The zero-order chi connectivity index (χ0) is 19.6. The van der Waals surface area contributed by atoms with Gasteiger partial charge in [-0.1, -0.05) is 56.3 Å². The zero-order valence-corrected chi connectivity index (χ0v) is 16.6. The third-order valence-corrected chi connectivity index (χ3v) is 5.45. The van der Waals surface area contributed by atoms with Gasteiger partial charge in [0.2, 0.25) is 0 Å². The van der Waals surface area contributed by atoms with Gasteiger partial charge < -0.3 is 9.84 Å². The summed E-state index contributed by atoms with van der Waals surface area (Å²) in [5.41, 5.74) is 1.33. The molecule has 0 radical (unpaired) electrons. The summed E-state index contributed by atoms with van der Waals surface area (Å²) in [5.74, 6) is -0.520. The van der Waals surface area contributed by atoms with Crippen molar-refractivity contribution in [1.29, 1.82) is 0 Å². The largest absolute Gasteiger partial charge is 0.483 e. The number of carboxylic acid groups (broad SMARTS) is 1. The number of aliphatic carboxylic acids is 1. The molecule has 0 unspecified atom stereocenters. The molecule has 1 N–H and O–H groups in total. The Bertz CT molecular complexity index is 1030. The van der Waals surface area contributed by atoms with Gasteiger partial charge in [-0.05, 0) is 24.6 Å². The summed E-state index contributed by atoms with van der Waals surface area (Å²) < 4.78 is 8.14. The maximum Gasteiger partial charge on any atom is 0.308 e. The maximum atomic E-state index is 12.2. The molecule has 0 saturated heterocycles. The standard InChI is InChI=1S/C18H16Cl2N2O4S.2CH4/c1-2-14(12-4-3-10(19)9-21-12)26-15-8-16-13(7-11(15)20)22(18(25)27-16)6-5-17(23)24;;/h3-4,7-9,14H,2,5-6H2,1H3,(H,23,24);2*1H4/t14-;;/m1../s1. The van der Waals surface area contributed by atoms with Crippen molar-refractivity contribution in [1.82, 2.24) is 9.55 Å². The minimum absolute atomic E-state index is 0. The number of thiazole rings is 1. The van der Waals surface area contributed by atoms with Crippen molar-refractivity contribution in [2.24, 2.45) is 0 Å².